The molecule has 0 amide bonds. The van der Waals surface area contributed by atoms with Crippen LogP contribution in [0.3, 0.4) is 0 Å². The van der Waals surface area contributed by atoms with Crippen LogP contribution in [-0.4, -0.2) is 12.1 Å². The Morgan fingerprint density at radius 3 is 2.11 bits per heavy atom. The zero-order valence-electron chi connectivity index (χ0n) is 10.6. The summed E-state index contributed by atoms with van der Waals surface area (Å²) in [6.45, 7) is 4.13. The molecule has 1 N–H and O–H groups in total. The summed E-state index contributed by atoms with van der Waals surface area (Å²) < 4.78 is 37.3. The van der Waals surface area contributed by atoms with Crippen LogP contribution in [0.1, 0.15) is 43.7 Å². The smallest absolute Gasteiger partial charge is 0.311 e. The van der Waals surface area contributed by atoms with E-state index in [0.29, 0.717) is 6.04 Å². The quantitative estimate of drug-likeness (QED) is 0.861. The third-order valence-corrected chi connectivity index (χ3v) is 3.59. The first-order valence-electron chi connectivity index (χ1n) is 6.31. The molecule has 0 aromatic heterocycles. The third-order valence-electron chi connectivity index (χ3n) is 3.59. The third kappa shape index (κ3) is 3.25. The topological polar surface area (TPSA) is 12.0 Å². The minimum Gasteiger partial charge on any atom is -0.311 e. The zero-order valence-corrected chi connectivity index (χ0v) is 10.6. The predicted octanol–water partition coefficient (Wildman–Crippen LogP) is 3.95. The SMILES string of the molecule is CC(NC1CC1)C(C)c1ccc(C(F)(F)F)cc1. The molecule has 1 aliphatic rings. The van der Waals surface area contributed by atoms with Gasteiger partial charge >= 0.3 is 6.18 Å². The molecule has 2 rings (SSSR count). The van der Waals surface area contributed by atoms with Gasteiger partial charge in [-0.3, -0.25) is 0 Å². The molecular formula is C14H18F3N. The van der Waals surface area contributed by atoms with Crippen molar-refractivity contribution >= 4 is 0 Å². The van der Waals surface area contributed by atoms with Gasteiger partial charge in [-0.15, -0.1) is 0 Å². The van der Waals surface area contributed by atoms with E-state index in [1.54, 1.807) is 12.1 Å². The lowest BCUT2D eigenvalue weighted by atomic mass is 9.93. The molecule has 1 saturated carbocycles. The van der Waals surface area contributed by atoms with Gasteiger partial charge in [0.2, 0.25) is 0 Å². The summed E-state index contributed by atoms with van der Waals surface area (Å²) in [5.74, 6) is 0.216. The van der Waals surface area contributed by atoms with E-state index in [2.05, 4.69) is 12.2 Å². The largest absolute Gasteiger partial charge is 0.416 e. The van der Waals surface area contributed by atoms with Crippen molar-refractivity contribution in [2.24, 2.45) is 0 Å². The molecule has 1 aromatic carbocycles. The summed E-state index contributed by atoms with van der Waals surface area (Å²) >= 11 is 0. The monoisotopic (exact) mass is 257 g/mol. The van der Waals surface area contributed by atoms with E-state index in [4.69, 9.17) is 0 Å². The first-order valence-corrected chi connectivity index (χ1v) is 6.31. The Bertz CT molecular complexity index is 392. The summed E-state index contributed by atoms with van der Waals surface area (Å²) in [5.41, 5.74) is 0.366. The molecular weight excluding hydrogens is 239 g/mol. The van der Waals surface area contributed by atoms with Crippen LogP contribution < -0.4 is 5.32 Å². The molecule has 0 radical (unpaired) electrons. The van der Waals surface area contributed by atoms with Crippen LogP contribution in [0, 0.1) is 0 Å². The van der Waals surface area contributed by atoms with E-state index in [9.17, 15) is 13.2 Å². The van der Waals surface area contributed by atoms with E-state index in [-0.39, 0.29) is 12.0 Å². The van der Waals surface area contributed by atoms with Gasteiger partial charge in [0.25, 0.3) is 0 Å². The molecule has 0 spiro atoms. The van der Waals surface area contributed by atoms with Crippen LogP contribution in [0.25, 0.3) is 0 Å². The van der Waals surface area contributed by atoms with Crippen molar-refractivity contribution < 1.29 is 13.2 Å². The number of alkyl halides is 3. The van der Waals surface area contributed by atoms with E-state index in [1.165, 1.54) is 12.8 Å². The van der Waals surface area contributed by atoms with Crippen molar-refractivity contribution in [3.8, 4) is 0 Å². The highest BCUT2D eigenvalue weighted by Gasteiger charge is 2.30. The van der Waals surface area contributed by atoms with E-state index in [0.717, 1.165) is 17.7 Å². The highest BCUT2D eigenvalue weighted by Crippen LogP contribution is 2.31. The Labute approximate surface area is 105 Å². The molecule has 0 saturated heterocycles. The van der Waals surface area contributed by atoms with Gasteiger partial charge in [-0.25, -0.2) is 0 Å². The van der Waals surface area contributed by atoms with Crippen molar-refractivity contribution in [2.45, 2.75) is 50.9 Å². The maximum atomic E-state index is 12.4. The Hall–Kier alpha value is -1.03. The van der Waals surface area contributed by atoms with Crippen molar-refractivity contribution in [3.05, 3.63) is 35.4 Å². The number of benzene rings is 1. The summed E-state index contributed by atoms with van der Waals surface area (Å²) in [5, 5.41) is 3.47. The maximum absolute atomic E-state index is 12.4. The minimum atomic E-state index is -4.25. The Morgan fingerprint density at radius 2 is 1.67 bits per heavy atom. The standard InChI is InChI=1S/C14H18F3N/c1-9(10(2)18-13-7-8-13)11-3-5-12(6-4-11)14(15,16)17/h3-6,9-10,13,18H,7-8H2,1-2H3. The summed E-state index contributed by atoms with van der Waals surface area (Å²) in [7, 11) is 0. The molecule has 100 valence electrons. The second kappa shape index (κ2) is 4.92. The van der Waals surface area contributed by atoms with Gasteiger partial charge in [0, 0.05) is 12.1 Å². The van der Waals surface area contributed by atoms with Gasteiger partial charge in [-0.05, 0) is 43.4 Å². The normalized spacial score (nSPS) is 19.6. The van der Waals surface area contributed by atoms with Gasteiger partial charge in [-0.1, -0.05) is 19.1 Å². The van der Waals surface area contributed by atoms with Crippen LogP contribution in [0.4, 0.5) is 13.2 Å². The van der Waals surface area contributed by atoms with Crippen molar-refractivity contribution in [2.75, 3.05) is 0 Å². The summed E-state index contributed by atoms with van der Waals surface area (Å²) in [6.07, 6.45) is -1.83. The van der Waals surface area contributed by atoms with Crippen molar-refractivity contribution in [3.63, 3.8) is 0 Å². The van der Waals surface area contributed by atoms with E-state index < -0.39 is 11.7 Å². The molecule has 0 heterocycles. The fraction of sp³-hybridized carbons (Fsp3) is 0.571. The molecule has 2 unspecified atom stereocenters. The van der Waals surface area contributed by atoms with E-state index in [1.807, 2.05) is 6.92 Å². The lowest BCUT2D eigenvalue weighted by Crippen LogP contribution is -2.32. The van der Waals surface area contributed by atoms with Gasteiger partial charge in [-0.2, -0.15) is 13.2 Å². The predicted molar refractivity (Wildman–Crippen MR) is 65.5 cm³/mol. The Kier molecular flexibility index (Phi) is 3.66. The van der Waals surface area contributed by atoms with Gasteiger partial charge in [0.05, 0.1) is 5.56 Å². The summed E-state index contributed by atoms with van der Waals surface area (Å²) in [4.78, 5) is 0. The van der Waals surface area contributed by atoms with Crippen molar-refractivity contribution in [1.29, 1.82) is 0 Å². The van der Waals surface area contributed by atoms with Crippen LogP contribution in [-0.2, 0) is 6.18 Å². The first-order chi connectivity index (χ1) is 8.38. The fourth-order valence-corrected chi connectivity index (χ4v) is 2.03. The van der Waals surface area contributed by atoms with Crippen LogP contribution in [0.5, 0.6) is 0 Å². The lowest BCUT2D eigenvalue weighted by molar-refractivity contribution is -0.137. The van der Waals surface area contributed by atoms with Gasteiger partial charge in [0.15, 0.2) is 0 Å². The fourth-order valence-electron chi connectivity index (χ4n) is 2.03. The highest BCUT2D eigenvalue weighted by molar-refractivity contribution is 5.27. The second-order valence-electron chi connectivity index (χ2n) is 5.14. The first kappa shape index (κ1) is 13.4. The molecule has 0 bridgehead atoms. The highest BCUT2D eigenvalue weighted by atomic mass is 19.4. The number of hydrogen-bond acceptors (Lipinski definition) is 1. The van der Waals surface area contributed by atoms with Crippen molar-refractivity contribution in [1.82, 2.24) is 5.32 Å². The van der Waals surface area contributed by atoms with Crippen LogP contribution in [0.15, 0.2) is 24.3 Å². The number of nitrogens with one attached hydrogen (secondary N) is 1. The lowest BCUT2D eigenvalue weighted by Gasteiger charge is -2.22. The molecule has 1 aromatic rings. The Balaban J connectivity index is 2.03. The average molecular weight is 257 g/mol. The minimum absolute atomic E-state index is 0.216. The molecule has 1 nitrogen and oxygen atoms in total. The van der Waals surface area contributed by atoms with Gasteiger partial charge in [0.1, 0.15) is 0 Å². The van der Waals surface area contributed by atoms with Crippen LogP contribution in [0.2, 0.25) is 0 Å². The number of halogens is 3. The molecule has 0 aliphatic heterocycles. The Morgan fingerprint density at radius 1 is 1.11 bits per heavy atom. The molecule has 4 heteroatoms. The second-order valence-corrected chi connectivity index (χ2v) is 5.14. The average Bonchev–Trinajstić information content (AvgIpc) is 3.11. The molecule has 1 fully saturated rings. The number of rotatable bonds is 4. The van der Waals surface area contributed by atoms with E-state index >= 15 is 0 Å². The molecule has 2 atom stereocenters. The molecule has 1 aliphatic carbocycles. The van der Waals surface area contributed by atoms with Crippen LogP contribution >= 0.6 is 0 Å². The maximum Gasteiger partial charge on any atom is 0.416 e. The summed E-state index contributed by atoms with van der Waals surface area (Å²) in [6, 6.07) is 6.38. The zero-order chi connectivity index (χ0) is 13.3. The number of hydrogen-bond donors (Lipinski definition) is 1. The molecule has 18 heavy (non-hydrogen) atoms. The van der Waals surface area contributed by atoms with Gasteiger partial charge < -0.3 is 5.32 Å².